The Bertz CT molecular complexity index is 246. The van der Waals surface area contributed by atoms with Gasteiger partial charge in [-0.25, -0.2) is 0 Å². The van der Waals surface area contributed by atoms with E-state index in [1.165, 1.54) is 11.1 Å². The maximum absolute atomic E-state index is 5.39. The number of nitrogens with one attached hydrogen (secondary N) is 1. The topological polar surface area (TPSA) is 38.0 Å². The zero-order chi connectivity index (χ0) is 9.52. The number of hydrogen-bond acceptors (Lipinski definition) is 2. The molecule has 71 valence electrons. The van der Waals surface area contributed by atoms with E-state index in [9.17, 15) is 0 Å². The maximum Gasteiger partial charge on any atom is 0.0208 e. The first kappa shape index (κ1) is 10.2. The molecular weight excluding hydrogens is 160 g/mol. The normalized spacial score (nSPS) is 10.3. The Morgan fingerprint density at radius 2 is 1.92 bits per heavy atom. The van der Waals surface area contributed by atoms with Crippen LogP contribution in [-0.4, -0.2) is 13.1 Å². The Morgan fingerprint density at radius 1 is 1.23 bits per heavy atom. The van der Waals surface area contributed by atoms with E-state index in [4.69, 9.17) is 5.73 Å². The molecule has 13 heavy (non-hydrogen) atoms. The van der Waals surface area contributed by atoms with E-state index < -0.39 is 0 Å². The van der Waals surface area contributed by atoms with E-state index in [0.717, 1.165) is 19.5 Å². The predicted octanol–water partition coefficient (Wildman–Crippen LogP) is 1.11. The monoisotopic (exact) mass is 177 g/mol. The van der Waals surface area contributed by atoms with Crippen LogP contribution in [0.5, 0.6) is 0 Å². The van der Waals surface area contributed by atoms with Crippen LogP contribution in [-0.2, 0) is 13.0 Å². The average molecular weight is 177 g/mol. The zero-order valence-corrected chi connectivity index (χ0v) is 7.92. The second kappa shape index (κ2) is 5.73. The molecule has 0 aliphatic carbocycles. The van der Waals surface area contributed by atoms with Gasteiger partial charge in [-0.15, -0.1) is 0 Å². The van der Waals surface area contributed by atoms with Gasteiger partial charge < -0.3 is 11.1 Å². The fourth-order valence-electron chi connectivity index (χ4n) is 1.30. The van der Waals surface area contributed by atoms with E-state index in [-0.39, 0.29) is 0 Å². The maximum atomic E-state index is 5.39. The van der Waals surface area contributed by atoms with Gasteiger partial charge in [-0.3, -0.25) is 0 Å². The molecule has 2 heteroatoms. The standard InChI is InChI=1S/C11H17N2/c1-2-10-5-3-4-6-11(10)9-13-8-7-12/h3-6,13H,1-2,7-9,12H2. The lowest BCUT2D eigenvalue weighted by Gasteiger charge is -2.07. The third-order valence-electron chi connectivity index (χ3n) is 2.02. The minimum Gasteiger partial charge on any atom is -0.329 e. The molecular formula is C11H17N2. The summed E-state index contributed by atoms with van der Waals surface area (Å²) < 4.78 is 0. The highest BCUT2D eigenvalue weighted by Gasteiger charge is 1.97. The van der Waals surface area contributed by atoms with Crippen LogP contribution in [0.3, 0.4) is 0 Å². The second-order valence-corrected chi connectivity index (χ2v) is 2.98. The van der Waals surface area contributed by atoms with Gasteiger partial charge in [0.05, 0.1) is 0 Å². The Morgan fingerprint density at radius 3 is 2.54 bits per heavy atom. The zero-order valence-electron chi connectivity index (χ0n) is 7.92. The van der Waals surface area contributed by atoms with Crippen molar-refractivity contribution in [3.05, 3.63) is 42.3 Å². The SMILES string of the molecule is [CH2]Cc1ccccc1CNCCN. The smallest absolute Gasteiger partial charge is 0.0208 e. The van der Waals surface area contributed by atoms with Crippen molar-refractivity contribution in [2.24, 2.45) is 5.73 Å². The summed E-state index contributed by atoms with van der Waals surface area (Å²) in [4.78, 5) is 0. The van der Waals surface area contributed by atoms with Crippen LogP contribution in [0.15, 0.2) is 24.3 Å². The Balaban J connectivity index is 2.54. The largest absolute Gasteiger partial charge is 0.329 e. The Kier molecular flexibility index (Phi) is 4.50. The highest BCUT2D eigenvalue weighted by molar-refractivity contribution is 5.27. The molecule has 0 aliphatic heterocycles. The summed E-state index contributed by atoms with van der Waals surface area (Å²) in [5, 5.41) is 3.27. The van der Waals surface area contributed by atoms with Crippen LogP contribution < -0.4 is 11.1 Å². The summed E-state index contributed by atoms with van der Waals surface area (Å²) in [6.45, 7) is 6.34. The highest BCUT2D eigenvalue weighted by atomic mass is 14.9. The summed E-state index contributed by atoms with van der Waals surface area (Å²) in [6, 6.07) is 8.35. The van der Waals surface area contributed by atoms with Crippen molar-refractivity contribution in [2.45, 2.75) is 13.0 Å². The first-order chi connectivity index (χ1) is 6.38. The molecule has 0 fully saturated rings. The Hall–Kier alpha value is -0.860. The molecule has 0 heterocycles. The number of nitrogens with two attached hydrogens (primary N) is 1. The molecule has 1 aromatic carbocycles. The van der Waals surface area contributed by atoms with Crippen molar-refractivity contribution < 1.29 is 0 Å². The van der Waals surface area contributed by atoms with E-state index in [0.29, 0.717) is 6.54 Å². The van der Waals surface area contributed by atoms with Crippen molar-refractivity contribution in [1.29, 1.82) is 0 Å². The molecule has 0 aliphatic rings. The molecule has 0 unspecified atom stereocenters. The second-order valence-electron chi connectivity index (χ2n) is 2.98. The molecule has 0 amide bonds. The Labute approximate surface area is 80.1 Å². The van der Waals surface area contributed by atoms with Crippen LogP contribution in [0.1, 0.15) is 11.1 Å². The number of hydrogen-bond donors (Lipinski definition) is 2. The molecule has 3 N–H and O–H groups in total. The molecule has 0 aromatic heterocycles. The fourth-order valence-corrected chi connectivity index (χ4v) is 1.30. The van der Waals surface area contributed by atoms with E-state index in [1.807, 2.05) is 6.07 Å². The third kappa shape index (κ3) is 3.17. The molecule has 0 spiro atoms. The van der Waals surface area contributed by atoms with Crippen molar-refractivity contribution in [1.82, 2.24) is 5.32 Å². The average Bonchev–Trinajstić information content (AvgIpc) is 2.19. The predicted molar refractivity (Wildman–Crippen MR) is 56.3 cm³/mol. The van der Waals surface area contributed by atoms with Crippen LogP contribution in [0.2, 0.25) is 0 Å². The van der Waals surface area contributed by atoms with E-state index >= 15 is 0 Å². The van der Waals surface area contributed by atoms with Crippen molar-refractivity contribution in [2.75, 3.05) is 13.1 Å². The van der Waals surface area contributed by atoms with Gasteiger partial charge in [-0.05, 0) is 24.5 Å². The van der Waals surface area contributed by atoms with Crippen LogP contribution in [0.4, 0.5) is 0 Å². The number of benzene rings is 1. The van der Waals surface area contributed by atoms with Gasteiger partial charge in [-0.1, -0.05) is 24.3 Å². The summed E-state index contributed by atoms with van der Waals surface area (Å²) in [7, 11) is 0. The molecule has 0 saturated heterocycles. The minimum absolute atomic E-state index is 0.687. The molecule has 0 bridgehead atoms. The molecule has 1 aromatic rings. The summed E-state index contributed by atoms with van der Waals surface area (Å²) >= 11 is 0. The van der Waals surface area contributed by atoms with E-state index in [1.54, 1.807) is 0 Å². The third-order valence-corrected chi connectivity index (χ3v) is 2.02. The van der Waals surface area contributed by atoms with Crippen LogP contribution in [0.25, 0.3) is 0 Å². The van der Waals surface area contributed by atoms with Crippen LogP contribution >= 0.6 is 0 Å². The lowest BCUT2D eigenvalue weighted by atomic mass is 10.1. The minimum atomic E-state index is 0.687. The van der Waals surface area contributed by atoms with Crippen molar-refractivity contribution >= 4 is 0 Å². The van der Waals surface area contributed by atoms with Gasteiger partial charge in [-0.2, -0.15) is 0 Å². The van der Waals surface area contributed by atoms with Crippen LogP contribution in [0, 0.1) is 6.92 Å². The quantitative estimate of drug-likeness (QED) is 0.661. The fraction of sp³-hybridized carbons (Fsp3) is 0.364. The lowest BCUT2D eigenvalue weighted by molar-refractivity contribution is 0.691. The summed E-state index contributed by atoms with van der Waals surface area (Å²) in [5.74, 6) is 0. The molecule has 1 radical (unpaired) electrons. The first-order valence-electron chi connectivity index (χ1n) is 4.65. The van der Waals surface area contributed by atoms with Gasteiger partial charge in [0.25, 0.3) is 0 Å². The van der Waals surface area contributed by atoms with Gasteiger partial charge >= 0.3 is 0 Å². The highest BCUT2D eigenvalue weighted by Crippen LogP contribution is 2.08. The van der Waals surface area contributed by atoms with Crippen molar-refractivity contribution in [3.63, 3.8) is 0 Å². The molecule has 2 nitrogen and oxygen atoms in total. The lowest BCUT2D eigenvalue weighted by Crippen LogP contribution is -2.22. The van der Waals surface area contributed by atoms with Gasteiger partial charge in [0.2, 0.25) is 0 Å². The molecule has 0 atom stereocenters. The first-order valence-corrected chi connectivity index (χ1v) is 4.65. The van der Waals surface area contributed by atoms with Gasteiger partial charge in [0, 0.05) is 19.6 Å². The number of rotatable bonds is 5. The van der Waals surface area contributed by atoms with Gasteiger partial charge in [0.1, 0.15) is 0 Å². The summed E-state index contributed by atoms with van der Waals surface area (Å²) in [6.07, 6.45) is 0.848. The molecule has 0 saturated carbocycles. The molecule has 1 rings (SSSR count). The van der Waals surface area contributed by atoms with E-state index in [2.05, 4.69) is 30.4 Å². The summed E-state index contributed by atoms with van der Waals surface area (Å²) in [5.41, 5.74) is 8.03. The van der Waals surface area contributed by atoms with Gasteiger partial charge in [0.15, 0.2) is 0 Å². The van der Waals surface area contributed by atoms with Crippen molar-refractivity contribution in [3.8, 4) is 0 Å².